The number of rotatable bonds is 11. The Morgan fingerprint density at radius 1 is 1.45 bits per heavy atom. The van der Waals surface area contributed by atoms with E-state index >= 15 is 0 Å². The molecule has 0 bridgehead atoms. The van der Waals surface area contributed by atoms with Gasteiger partial charge >= 0.3 is 11.9 Å². The number of ether oxygens (including phenoxy) is 1. The lowest BCUT2D eigenvalue weighted by Gasteiger charge is -2.14. The van der Waals surface area contributed by atoms with Crippen LogP contribution in [0, 0.1) is 5.92 Å². The van der Waals surface area contributed by atoms with Crippen LogP contribution in [0.15, 0.2) is 0 Å². The third kappa shape index (κ3) is 8.63. The van der Waals surface area contributed by atoms with Crippen LogP contribution >= 0.6 is 12.6 Å². The van der Waals surface area contributed by atoms with Crippen molar-refractivity contribution in [3.63, 3.8) is 0 Å². The number of aliphatic carboxylic acids is 1. The number of hydrogen-bond donors (Lipinski definition) is 4. The van der Waals surface area contributed by atoms with Crippen LogP contribution in [0.3, 0.4) is 0 Å². The molecule has 0 aliphatic heterocycles. The zero-order valence-corrected chi connectivity index (χ0v) is 12.6. The second-order valence-electron chi connectivity index (χ2n) is 4.40. The maximum absolute atomic E-state index is 12.0. The number of Topliss-reactive ketones (excluding diaryl/α,β-unsaturated/α-hetero) is 1. The molecular formula is C13H22N2O6S. The number of nitrogens with two attached hydrogens (primary N) is 1. The monoisotopic (exact) mass is 339 g/mol. The summed E-state index contributed by atoms with van der Waals surface area (Å²) in [5.41, 5.74) is 5.28. The summed E-state index contributed by atoms with van der Waals surface area (Å²) in [5, 5.41) is 10.8. The molecule has 0 saturated carbocycles. The van der Waals surface area contributed by atoms with Gasteiger partial charge in [-0.15, -0.1) is 0 Å². The van der Waals surface area contributed by atoms with Gasteiger partial charge in [0, 0.05) is 22.7 Å². The average molecular weight is 339 g/mol. The molecule has 0 rings (SSSR count). The normalized spacial score (nSPS) is 17.6. The molecule has 0 aromatic carbocycles. The average Bonchev–Trinajstić information content (AvgIpc) is 2.53. The summed E-state index contributed by atoms with van der Waals surface area (Å²) in [7, 11) is 0. The summed E-state index contributed by atoms with van der Waals surface area (Å²) >= 11 is 3.94. The van der Waals surface area contributed by atoms with Crippen LogP contribution in [0.2, 0.25) is 0 Å². The predicted molar refractivity (Wildman–Crippen MR) is 81.5 cm³/mol. The highest BCUT2D eigenvalue weighted by molar-refractivity contribution is 7.80. The third-order valence-electron chi connectivity index (χ3n) is 2.69. The van der Waals surface area contributed by atoms with Crippen LogP contribution in [-0.2, 0) is 23.9 Å². The Morgan fingerprint density at radius 2 is 2.14 bits per heavy atom. The van der Waals surface area contributed by atoms with E-state index in [0.717, 1.165) is 0 Å². The van der Waals surface area contributed by atoms with Gasteiger partial charge in [-0.2, -0.15) is 12.6 Å². The molecule has 2 atom stereocenters. The number of hydrogen-bond acceptors (Lipinski definition) is 7. The maximum Gasteiger partial charge on any atom is 0.325 e. The molecule has 0 heterocycles. The lowest BCUT2D eigenvalue weighted by molar-refractivity contribution is -0.143. The quantitative estimate of drug-likeness (QED) is 0.290. The fourth-order valence-corrected chi connectivity index (χ4v) is 1.75. The van der Waals surface area contributed by atoms with Crippen molar-refractivity contribution in [1.29, 1.82) is 0 Å². The van der Waals surface area contributed by atoms with Crippen LogP contribution < -0.4 is 11.1 Å². The summed E-state index contributed by atoms with van der Waals surface area (Å²) in [6.07, 6.45) is -0.496. The Balaban J connectivity index is 4.50. The minimum atomic E-state index is -3.21. The van der Waals surface area contributed by atoms with Gasteiger partial charge in [-0.1, -0.05) is 0 Å². The second kappa shape index (κ2) is 11.0. The molecule has 126 valence electrons. The van der Waals surface area contributed by atoms with Crippen molar-refractivity contribution < 1.29 is 35.9 Å². The Labute approximate surface area is 141 Å². The standard InChI is InChI=1S/C13H22N2O6S/c1-2-21-11(17)6-15-12(18)8(7-22)5-9(16)3-4-10(14)13(19)20/h8,10,22H,2-7,14H2,1H3,(H,15,18)(H,19,20)/t8-,10-/m0/s1/i1D3,2D2. The van der Waals surface area contributed by atoms with Gasteiger partial charge in [0.15, 0.2) is 0 Å². The fourth-order valence-electron chi connectivity index (χ4n) is 1.45. The predicted octanol–water partition coefficient (Wildman–Crippen LogP) is -0.637. The molecule has 0 radical (unpaired) electrons. The van der Waals surface area contributed by atoms with Gasteiger partial charge < -0.3 is 20.9 Å². The van der Waals surface area contributed by atoms with Crippen molar-refractivity contribution in [3.05, 3.63) is 0 Å². The molecular weight excluding hydrogens is 312 g/mol. The first-order valence-corrected chi connectivity index (χ1v) is 6.95. The first-order chi connectivity index (χ1) is 12.2. The van der Waals surface area contributed by atoms with Crippen LogP contribution in [0.1, 0.15) is 33.0 Å². The Bertz CT molecular complexity index is 572. The van der Waals surface area contributed by atoms with Gasteiger partial charge in [-0.25, -0.2) is 0 Å². The van der Waals surface area contributed by atoms with Gasteiger partial charge in [0.05, 0.1) is 15.2 Å². The zero-order chi connectivity index (χ0) is 21.4. The molecule has 9 heteroatoms. The van der Waals surface area contributed by atoms with E-state index in [1.165, 1.54) is 0 Å². The molecule has 0 fully saturated rings. The van der Waals surface area contributed by atoms with Gasteiger partial charge in [0.2, 0.25) is 5.91 Å². The van der Waals surface area contributed by atoms with Crippen LogP contribution in [0.25, 0.3) is 0 Å². The minimum Gasteiger partial charge on any atom is -0.480 e. The van der Waals surface area contributed by atoms with E-state index in [1.54, 1.807) is 0 Å². The van der Waals surface area contributed by atoms with Crippen molar-refractivity contribution in [2.24, 2.45) is 11.7 Å². The molecule has 22 heavy (non-hydrogen) atoms. The number of thiol groups is 1. The van der Waals surface area contributed by atoms with Crippen molar-refractivity contribution >= 4 is 36.3 Å². The van der Waals surface area contributed by atoms with E-state index in [4.69, 9.17) is 17.7 Å². The zero-order valence-electron chi connectivity index (χ0n) is 16.7. The van der Waals surface area contributed by atoms with Crippen LogP contribution in [0.5, 0.6) is 0 Å². The summed E-state index contributed by atoms with van der Waals surface area (Å²) in [6, 6.07) is -1.19. The number of amides is 1. The highest BCUT2D eigenvalue weighted by Crippen LogP contribution is 2.10. The largest absolute Gasteiger partial charge is 0.480 e. The van der Waals surface area contributed by atoms with Crippen molar-refractivity contribution in [2.45, 2.75) is 32.2 Å². The van der Waals surface area contributed by atoms with Crippen molar-refractivity contribution in [3.8, 4) is 0 Å². The smallest absolute Gasteiger partial charge is 0.325 e. The first-order valence-electron chi connectivity index (χ1n) is 8.81. The molecule has 4 N–H and O–H groups in total. The summed E-state index contributed by atoms with van der Waals surface area (Å²) < 4.78 is 39.3. The molecule has 0 aliphatic rings. The lowest BCUT2D eigenvalue weighted by Crippen LogP contribution is -2.37. The number of nitrogens with one attached hydrogen (secondary N) is 1. The molecule has 0 spiro atoms. The van der Waals surface area contributed by atoms with Gasteiger partial charge in [-0.05, 0) is 13.3 Å². The molecule has 0 aliphatic carbocycles. The highest BCUT2D eigenvalue weighted by atomic mass is 32.1. The van der Waals surface area contributed by atoms with Gasteiger partial charge in [0.25, 0.3) is 0 Å². The Morgan fingerprint density at radius 3 is 2.68 bits per heavy atom. The summed E-state index contributed by atoms with van der Waals surface area (Å²) in [5.74, 6) is -4.68. The Hall–Kier alpha value is -1.61. The number of carboxylic acids is 1. The molecule has 0 unspecified atom stereocenters. The first kappa shape index (κ1) is 12.9. The molecule has 8 nitrogen and oxygen atoms in total. The van der Waals surface area contributed by atoms with Gasteiger partial charge in [0.1, 0.15) is 18.4 Å². The fraction of sp³-hybridized carbons (Fsp3) is 0.692. The second-order valence-corrected chi connectivity index (χ2v) is 4.76. The van der Waals surface area contributed by atoms with E-state index < -0.39 is 55.5 Å². The number of carboxylic acid groups (broad SMARTS) is 1. The highest BCUT2D eigenvalue weighted by Gasteiger charge is 2.22. The minimum absolute atomic E-state index is 0.0479. The molecule has 0 aromatic rings. The number of carbonyl (C=O) groups excluding carboxylic acids is 3. The Kier molecular flexibility index (Phi) is 6.46. The number of esters is 1. The third-order valence-corrected chi connectivity index (χ3v) is 3.13. The maximum atomic E-state index is 12.0. The summed E-state index contributed by atoms with van der Waals surface area (Å²) in [6.45, 7) is -7.20. The number of ketones is 1. The molecule has 1 amide bonds. The van der Waals surface area contributed by atoms with E-state index in [9.17, 15) is 19.2 Å². The van der Waals surface area contributed by atoms with Crippen molar-refractivity contribution in [2.75, 3.05) is 18.9 Å². The van der Waals surface area contributed by atoms with E-state index in [2.05, 4.69) is 22.7 Å². The SMILES string of the molecule is [2H]C([2H])([2H])C([2H])([2H])OC(=O)CNC(=O)[C@H](CS)CC(=O)CC[C@H](N)C(=O)O. The topological polar surface area (TPSA) is 136 Å². The van der Waals surface area contributed by atoms with E-state index in [0.29, 0.717) is 0 Å². The summed E-state index contributed by atoms with van der Waals surface area (Å²) in [4.78, 5) is 45.9. The van der Waals surface area contributed by atoms with E-state index in [-0.39, 0.29) is 25.0 Å². The molecule has 0 aromatic heterocycles. The lowest BCUT2D eigenvalue weighted by atomic mass is 9.99. The number of carbonyl (C=O) groups is 4. The van der Waals surface area contributed by atoms with Crippen molar-refractivity contribution in [1.82, 2.24) is 5.32 Å². The van der Waals surface area contributed by atoms with Crippen LogP contribution in [0.4, 0.5) is 0 Å². The van der Waals surface area contributed by atoms with E-state index in [1.807, 2.05) is 0 Å². The van der Waals surface area contributed by atoms with Crippen LogP contribution in [-0.4, -0.2) is 53.6 Å². The van der Waals surface area contributed by atoms with Gasteiger partial charge in [-0.3, -0.25) is 19.2 Å². The molecule has 0 saturated heterocycles.